The van der Waals surface area contributed by atoms with E-state index in [1.165, 1.54) is 0 Å². The average Bonchev–Trinajstić information content (AvgIpc) is 2.02. The summed E-state index contributed by atoms with van der Waals surface area (Å²) in [6, 6.07) is 0. The van der Waals surface area contributed by atoms with Crippen LogP contribution in [0.25, 0.3) is 0 Å². The van der Waals surface area contributed by atoms with Gasteiger partial charge in [-0.25, -0.2) is 0 Å². The molecule has 0 aliphatic carbocycles. The van der Waals surface area contributed by atoms with E-state index in [0.717, 1.165) is 32.1 Å². The summed E-state index contributed by atoms with van der Waals surface area (Å²) in [5, 5.41) is 9.92. The molecule has 0 unspecified atom stereocenters. The molecule has 0 aliphatic rings. The maximum absolute atomic E-state index is 9.92. The molecular weight excluding hydrogens is 154 g/mol. The summed E-state index contributed by atoms with van der Waals surface area (Å²) in [6.45, 7) is 5.31. The van der Waals surface area contributed by atoms with Crippen molar-refractivity contribution in [2.45, 2.75) is 38.5 Å². The van der Waals surface area contributed by atoms with Gasteiger partial charge in [0.2, 0.25) is 6.54 Å². The van der Waals surface area contributed by atoms with Crippen LogP contribution in [0.1, 0.15) is 38.5 Å². The summed E-state index contributed by atoms with van der Waals surface area (Å²) in [5.41, 5.74) is 0. The molecule has 0 aromatic carbocycles. The monoisotopic (exact) mass is 170 g/mol. The van der Waals surface area contributed by atoms with Crippen LogP contribution in [0.4, 0.5) is 0 Å². The third-order valence-corrected chi connectivity index (χ3v) is 1.71. The maximum Gasteiger partial charge on any atom is 0.203 e. The van der Waals surface area contributed by atoms with Crippen LogP contribution in [-0.2, 0) is 0 Å². The molecule has 0 saturated heterocycles. The van der Waals surface area contributed by atoms with Crippen LogP contribution < -0.4 is 0 Å². The highest BCUT2D eigenvalue weighted by Crippen LogP contribution is 2.05. The maximum atomic E-state index is 9.92. The number of nitrogens with zero attached hydrogens (tertiary/aromatic N) is 1. The fourth-order valence-electron chi connectivity index (χ4n) is 1.03. The van der Waals surface area contributed by atoms with E-state index in [1.54, 1.807) is 6.08 Å². The minimum Gasteiger partial charge on any atom is -0.265 e. The SMILES string of the molecule is [CH]=CCCCCCCC[N+](=O)[O-]. The van der Waals surface area contributed by atoms with E-state index < -0.39 is 0 Å². The van der Waals surface area contributed by atoms with E-state index in [0.29, 0.717) is 6.42 Å². The molecule has 0 aromatic rings. The molecule has 0 amide bonds. The van der Waals surface area contributed by atoms with Gasteiger partial charge in [0, 0.05) is 11.3 Å². The zero-order valence-electron chi connectivity index (χ0n) is 7.37. The van der Waals surface area contributed by atoms with Crippen molar-refractivity contribution in [2.24, 2.45) is 0 Å². The number of hydrogen-bond donors (Lipinski definition) is 0. The van der Waals surface area contributed by atoms with Gasteiger partial charge in [0.25, 0.3) is 0 Å². The summed E-state index contributed by atoms with van der Waals surface area (Å²) in [6.07, 6.45) is 7.61. The zero-order chi connectivity index (χ0) is 9.23. The highest BCUT2D eigenvalue weighted by Gasteiger charge is 1.95. The molecule has 3 nitrogen and oxygen atoms in total. The van der Waals surface area contributed by atoms with Gasteiger partial charge < -0.3 is 0 Å². The van der Waals surface area contributed by atoms with Crippen molar-refractivity contribution in [3.8, 4) is 0 Å². The van der Waals surface area contributed by atoms with Crippen LogP contribution in [-0.4, -0.2) is 11.5 Å². The first-order valence-electron chi connectivity index (χ1n) is 4.42. The Balaban J connectivity index is 2.90. The van der Waals surface area contributed by atoms with E-state index in [1.807, 2.05) is 0 Å². The molecule has 0 aliphatic heterocycles. The minimum absolute atomic E-state index is 0.114. The largest absolute Gasteiger partial charge is 0.265 e. The lowest BCUT2D eigenvalue weighted by Gasteiger charge is -1.96. The highest BCUT2D eigenvalue weighted by molar-refractivity contribution is 4.61. The molecule has 69 valence electrons. The molecule has 0 fully saturated rings. The second kappa shape index (κ2) is 8.24. The quantitative estimate of drug-likeness (QED) is 0.319. The molecule has 0 rings (SSSR count). The van der Waals surface area contributed by atoms with Gasteiger partial charge in [-0.05, 0) is 19.3 Å². The van der Waals surface area contributed by atoms with Crippen LogP contribution in [0, 0.1) is 16.7 Å². The second-order valence-corrected chi connectivity index (χ2v) is 2.85. The number of allylic oxidation sites excluding steroid dienone is 1. The Morgan fingerprint density at radius 2 is 1.75 bits per heavy atom. The van der Waals surface area contributed by atoms with E-state index in [9.17, 15) is 10.1 Å². The predicted molar refractivity (Wildman–Crippen MR) is 48.4 cm³/mol. The van der Waals surface area contributed by atoms with Crippen molar-refractivity contribution in [3.05, 3.63) is 22.8 Å². The summed E-state index contributed by atoms with van der Waals surface area (Å²) >= 11 is 0. The van der Waals surface area contributed by atoms with Crippen molar-refractivity contribution in [3.63, 3.8) is 0 Å². The molecule has 1 radical (unpaired) electrons. The van der Waals surface area contributed by atoms with E-state index in [2.05, 4.69) is 0 Å². The predicted octanol–water partition coefficient (Wildman–Crippen LogP) is 2.59. The van der Waals surface area contributed by atoms with Crippen LogP contribution in [0.5, 0.6) is 0 Å². The highest BCUT2D eigenvalue weighted by atomic mass is 16.6. The molecule has 0 bridgehead atoms. The van der Waals surface area contributed by atoms with Gasteiger partial charge in [0.05, 0.1) is 0 Å². The number of unbranched alkanes of at least 4 members (excludes halogenated alkanes) is 5. The minimum atomic E-state index is -0.256. The molecule has 12 heavy (non-hydrogen) atoms. The summed E-state index contributed by atoms with van der Waals surface area (Å²) < 4.78 is 0. The molecule has 0 atom stereocenters. The van der Waals surface area contributed by atoms with Gasteiger partial charge in [-0.2, -0.15) is 0 Å². The molecule has 0 saturated carbocycles. The Morgan fingerprint density at radius 3 is 2.33 bits per heavy atom. The lowest BCUT2D eigenvalue weighted by atomic mass is 10.1. The Labute approximate surface area is 73.6 Å². The normalized spacial score (nSPS) is 9.67. The van der Waals surface area contributed by atoms with Crippen LogP contribution in [0.3, 0.4) is 0 Å². The molecule has 0 heterocycles. The number of nitro groups is 1. The smallest absolute Gasteiger partial charge is 0.203 e. The van der Waals surface area contributed by atoms with Crippen LogP contribution in [0.15, 0.2) is 6.08 Å². The summed E-state index contributed by atoms with van der Waals surface area (Å²) in [5.74, 6) is 0. The Kier molecular flexibility index (Phi) is 7.65. The van der Waals surface area contributed by atoms with Gasteiger partial charge in [-0.15, -0.1) is 0 Å². The van der Waals surface area contributed by atoms with E-state index >= 15 is 0 Å². The van der Waals surface area contributed by atoms with Gasteiger partial charge in [-0.3, -0.25) is 10.1 Å². The Hall–Kier alpha value is -0.860. The van der Waals surface area contributed by atoms with Gasteiger partial charge in [0.1, 0.15) is 0 Å². The summed E-state index contributed by atoms with van der Waals surface area (Å²) in [4.78, 5) is 9.66. The fraction of sp³-hybridized carbons (Fsp3) is 0.778. The molecule has 0 N–H and O–H groups in total. The van der Waals surface area contributed by atoms with Crippen LogP contribution >= 0.6 is 0 Å². The zero-order valence-corrected chi connectivity index (χ0v) is 7.37. The Morgan fingerprint density at radius 1 is 1.17 bits per heavy atom. The van der Waals surface area contributed by atoms with Gasteiger partial charge in [0.15, 0.2) is 0 Å². The average molecular weight is 170 g/mol. The van der Waals surface area contributed by atoms with Crippen LogP contribution in [0.2, 0.25) is 0 Å². The second-order valence-electron chi connectivity index (χ2n) is 2.85. The summed E-state index contributed by atoms with van der Waals surface area (Å²) in [7, 11) is 0. The first kappa shape index (κ1) is 11.1. The molecule has 0 spiro atoms. The third-order valence-electron chi connectivity index (χ3n) is 1.71. The van der Waals surface area contributed by atoms with Crippen molar-refractivity contribution in [1.29, 1.82) is 0 Å². The van der Waals surface area contributed by atoms with Crippen molar-refractivity contribution < 1.29 is 4.92 Å². The lowest BCUT2D eigenvalue weighted by Crippen LogP contribution is -1.99. The van der Waals surface area contributed by atoms with Crippen molar-refractivity contribution in [2.75, 3.05) is 6.54 Å². The number of rotatable bonds is 8. The number of hydrogen-bond acceptors (Lipinski definition) is 2. The Bertz CT molecular complexity index is 134. The standard InChI is InChI=1S/C9H16NO2/c1-2-3-4-5-6-7-8-9-10(11)12/h1-2H,3-9H2. The topological polar surface area (TPSA) is 43.1 Å². The van der Waals surface area contributed by atoms with Crippen molar-refractivity contribution >= 4 is 0 Å². The van der Waals surface area contributed by atoms with Crippen molar-refractivity contribution in [1.82, 2.24) is 0 Å². The van der Waals surface area contributed by atoms with Gasteiger partial charge >= 0.3 is 0 Å². The fourth-order valence-corrected chi connectivity index (χ4v) is 1.03. The van der Waals surface area contributed by atoms with E-state index in [-0.39, 0.29) is 11.5 Å². The lowest BCUT2D eigenvalue weighted by molar-refractivity contribution is -0.480. The molecular formula is C9H16NO2. The molecule has 0 aromatic heterocycles. The first-order valence-corrected chi connectivity index (χ1v) is 4.42. The van der Waals surface area contributed by atoms with Gasteiger partial charge in [-0.1, -0.05) is 25.5 Å². The molecule has 3 heteroatoms. The van der Waals surface area contributed by atoms with E-state index in [4.69, 9.17) is 6.58 Å². The first-order chi connectivity index (χ1) is 5.77. The third kappa shape index (κ3) is 9.14.